The molecule has 0 spiro atoms. The van der Waals surface area contributed by atoms with Gasteiger partial charge >= 0.3 is 0 Å². The van der Waals surface area contributed by atoms with Crippen LogP contribution < -0.4 is 4.74 Å². The Hall–Kier alpha value is -3.54. The predicted octanol–water partition coefficient (Wildman–Crippen LogP) is 4.68. The summed E-state index contributed by atoms with van der Waals surface area (Å²) in [7, 11) is 0. The Morgan fingerprint density at radius 3 is 2.56 bits per heavy atom. The molecule has 2 aromatic heterocycles. The Morgan fingerprint density at radius 2 is 1.81 bits per heavy atom. The van der Waals surface area contributed by atoms with Crippen LogP contribution in [-0.4, -0.2) is 21.5 Å². The number of benzene rings is 2. The van der Waals surface area contributed by atoms with Gasteiger partial charge in [-0.3, -0.25) is 15.1 Å². The molecule has 6 heteroatoms. The van der Waals surface area contributed by atoms with Crippen molar-refractivity contribution in [2.75, 3.05) is 6.61 Å². The standard InChI is InChI=1S/C21H17N3O3/c1-2-27-16-4-6-20-19(13-16)18(11-14-7-9-22-10-8-14)17-5-3-15(24(25)26)12-21(17)23-20/h3-10,12-13H,2,11H2,1H3. The molecule has 4 aromatic rings. The summed E-state index contributed by atoms with van der Waals surface area (Å²) >= 11 is 0. The van der Waals surface area contributed by atoms with Gasteiger partial charge < -0.3 is 4.74 Å². The first-order chi connectivity index (χ1) is 13.2. The second-order valence-electron chi connectivity index (χ2n) is 6.19. The Balaban J connectivity index is 1.99. The van der Waals surface area contributed by atoms with Crippen LogP contribution in [0.1, 0.15) is 18.1 Å². The zero-order valence-electron chi connectivity index (χ0n) is 14.8. The number of non-ortho nitro benzene ring substituents is 1. The van der Waals surface area contributed by atoms with E-state index in [2.05, 4.69) is 9.97 Å². The first kappa shape index (κ1) is 16.9. The molecule has 0 atom stereocenters. The Kier molecular flexibility index (Phi) is 4.38. The molecule has 2 aromatic carbocycles. The molecular weight excluding hydrogens is 342 g/mol. The highest BCUT2D eigenvalue weighted by Gasteiger charge is 2.14. The van der Waals surface area contributed by atoms with Crippen LogP contribution in [0.4, 0.5) is 5.69 Å². The van der Waals surface area contributed by atoms with Crippen LogP contribution in [0.5, 0.6) is 5.75 Å². The number of rotatable bonds is 5. The molecule has 0 fully saturated rings. The van der Waals surface area contributed by atoms with E-state index in [1.165, 1.54) is 12.1 Å². The first-order valence-corrected chi connectivity index (χ1v) is 8.68. The largest absolute Gasteiger partial charge is 0.494 e. The van der Waals surface area contributed by atoms with Crippen LogP contribution in [0.15, 0.2) is 60.9 Å². The zero-order chi connectivity index (χ0) is 18.8. The van der Waals surface area contributed by atoms with Crippen molar-refractivity contribution in [3.8, 4) is 5.75 Å². The van der Waals surface area contributed by atoms with Crippen LogP contribution in [0, 0.1) is 10.1 Å². The van der Waals surface area contributed by atoms with Crippen molar-refractivity contribution in [3.05, 3.63) is 82.2 Å². The van der Waals surface area contributed by atoms with Gasteiger partial charge in [0.15, 0.2) is 0 Å². The minimum absolute atomic E-state index is 0.0372. The summed E-state index contributed by atoms with van der Waals surface area (Å²) in [5, 5.41) is 13.0. The Labute approximate surface area is 155 Å². The third kappa shape index (κ3) is 3.29. The van der Waals surface area contributed by atoms with Gasteiger partial charge in [-0.15, -0.1) is 0 Å². The first-order valence-electron chi connectivity index (χ1n) is 8.68. The SMILES string of the molecule is CCOc1ccc2nc3cc([N+](=O)[O-])ccc3c(Cc3ccncc3)c2c1. The number of nitro groups is 1. The van der Waals surface area contributed by atoms with Gasteiger partial charge in [0.2, 0.25) is 0 Å². The van der Waals surface area contributed by atoms with E-state index < -0.39 is 4.92 Å². The minimum atomic E-state index is -0.397. The molecule has 4 rings (SSSR count). The second kappa shape index (κ2) is 6.99. The summed E-state index contributed by atoms with van der Waals surface area (Å²) in [5.74, 6) is 0.782. The molecule has 27 heavy (non-hydrogen) atoms. The van der Waals surface area contributed by atoms with E-state index in [1.807, 2.05) is 37.3 Å². The number of ether oxygens (including phenoxy) is 1. The molecule has 0 amide bonds. The highest BCUT2D eigenvalue weighted by molar-refractivity contribution is 5.99. The van der Waals surface area contributed by atoms with Crippen LogP contribution in [0.3, 0.4) is 0 Å². The second-order valence-corrected chi connectivity index (χ2v) is 6.19. The van der Waals surface area contributed by atoms with Crippen molar-refractivity contribution >= 4 is 27.5 Å². The molecule has 0 N–H and O–H groups in total. The normalized spacial score (nSPS) is 11.0. The van der Waals surface area contributed by atoms with Gasteiger partial charge in [-0.25, -0.2) is 4.98 Å². The number of nitrogens with zero attached hydrogens (tertiary/aromatic N) is 3. The van der Waals surface area contributed by atoms with E-state index in [1.54, 1.807) is 18.5 Å². The van der Waals surface area contributed by atoms with Crippen molar-refractivity contribution in [2.24, 2.45) is 0 Å². The zero-order valence-corrected chi connectivity index (χ0v) is 14.8. The number of hydrogen-bond donors (Lipinski definition) is 0. The fraction of sp³-hybridized carbons (Fsp3) is 0.143. The predicted molar refractivity (Wildman–Crippen MR) is 104 cm³/mol. The lowest BCUT2D eigenvalue weighted by molar-refractivity contribution is -0.384. The maximum absolute atomic E-state index is 11.2. The monoisotopic (exact) mass is 359 g/mol. The Morgan fingerprint density at radius 1 is 1.00 bits per heavy atom. The smallest absolute Gasteiger partial charge is 0.271 e. The fourth-order valence-electron chi connectivity index (χ4n) is 3.26. The molecule has 0 unspecified atom stereocenters. The Bertz CT molecular complexity index is 1140. The summed E-state index contributed by atoms with van der Waals surface area (Å²) in [6.45, 7) is 2.53. The van der Waals surface area contributed by atoms with E-state index in [9.17, 15) is 10.1 Å². The molecule has 2 heterocycles. The molecule has 0 aliphatic carbocycles. The number of nitro benzene ring substituents is 1. The van der Waals surface area contributed by atoms with Crippen molar-refractivity contribution in [3.63, 3.8) is 0 Å². The summed E-state index contributed by atoms with van der Waals surface area (Å²) in [6.07, 6.45) is 4.19. The minimum Gasteiger partial charge on any atom is -0.494 e. The van der Waals surface area contributed by atoms with Gasteiger partial charge in [-0.1, -0.05) is 0 Å². The molecule has 6 nitrogen and oxygen atoms in total. The maximum atomic E-state index is 11.2. The highest BCUT2D eigenvalue weighted by atomic mass is 16.6. The van der Waals surface area contributed by atoms with E-state index in [-0.39, 0.29) is 5.69 Å². The molecule has 0 saturated heterocycles. The summed E-state index contributed by atoms with van der Waals surface area (Å²) in [6, 6.07) is 14.5. The topological polar surface area (TPSA) is 78.2 Å². The summed E-state index contributed by atoms with van der Waals surface area (Å²) in [5.41, 5.74) is 3.62. The van der Waals surface area contributed by atoms with Gasteiger partial charge in [0.1, 0.15) is 5.75 Å². The van der Waals surface area contributed by atoms with Crippen LogP contribution in [-0.2, 0) is 6.42 Å². The van der Waals surface area contributed by atoms with Crippen molar-refractivity contribution in [1.82, 2.24) is 9.97 Å². The lowest BCUT2D eigenvalue weighted by Crippen LogP contribution is -1.98. The quantitative estimate of drug-likeness (QED) is 0.294. The third-order valence-electron chi connectivity index (χ3n) is 4.49. The average Bonchev–Trinajstić information content (AvgIpc) is 2.68. The summed E-state index contributed by atoms with van der Waals surface area (Å²) in [4.78, 5) is 19.5. The van der Waals surface area contributed by atoms with E-state index in [0.717, 1.165) is 33.2 Å². The van der Waals surface area contributed by atoms with Crippen molar-refractivity contribution in [1.29, 1.82) is 0 Å². The van der Waals surface area contributed by atoms with Crippen molar-refractivity contribution < 1.29 is 9.66 Å². The molecule has 0 aliphatic heterocycles. The highest BCUT2D eigenvalue weighted by Crippen LogP contribution is 2.32. The van der Waals surface area contributed by atoms with Crippen LogP contribution in [0.2, 0.25) is 0 Å². The molecule has 134 valence electrons. The summed E-state index contributed by atoms with van der Waals surface area (Å²) < 4.78 is 5.65. The molecule has 0 radical (unpaired) electrons. The molecule has 0 bridgehead atoms. The van der Waals surface area contributed by atoms with Gasteiger partial charge in [0.05, 0.1) is 22.6 Å². The maximum Gasteiger partial charge on any atom is 0.271 e. The third-order valence-corrected chi connectivity index (χ3v) is 4.49. The van der Waals surface area contributed by atoms with Gasteiger partial charge in [-0.2, -0.15) is 0 Å². The number of fused-ring (bicyclic) bond motifs is 2. The number of hydrogen-bond acceptors (Lipinski definition) is 5. The van der Waals surface area contributed by atoms with Crippen LogP contribution in [0.25, 0.3) is 21.8 Å². The molecule has 0 aliphatic rings. The lowest BCUT2D eigenvalue weighted by atomic mass is 9.96. The van der Waals surface area contributed by atoms with Gasteiger partial charge in [-0.05, 0) is 60.9 Å². The van der Waals surface area contributed by atoms with Gasteiger partial charge in [0.25, 0.3) is 5.69 Å². The van der Waals surface area contributed by atoms with Crippen molar-refractivity contribution in [2.45, 2.75) is 13.3 Å². The molecular formula is C21H17N3O3. The van der Waals surface area contributed by atoms with E-state index >= 15 is 0 Å². The molecule has 0 saturated carbocycles. The number of pyridine rings is 2. The van der Waals surface area contributed by atoms with E-state index in [4.69, 9.17) is 4.74 Å². The van der Waals surface area contributed by atoms with E-state index in [0.29, 0.717) is 18.5 Å². The lowest BCUT2D eigenvalue weighted by Gasteiger charge is -2.12. The van der Waals surface area contributed by atoms with Gasteiger partial charge in [0, 0.05) is 35.3 Å². The number of aromatic nitrogens is 2. The van der Waals surface area contributed by atoms with Crippen LogP contribution >= 0.6 is 0 Å². The fourth-order valence-corrected chi connectivity index (χ4v) is 3.26. The average molecular weight is 359 g/mol.